The molecule has 1 unspecified atom stereocenters. The predicted molar refractivity (Wildman–Crippen MR) is 86.1 cm³/mol. The van der Waals surface area contributed by atoms with Crippen LogP contribution in [0.2, 0.25) is 0 Å². The van der Waals surface area contributed by atoms with Gasteiger partial charge in [-0.1, -0.05) is 6.07 Å². The molecule has 4 nitrogen and oxygen atoms in total. The number of rotatable bonds is 4. The van der Waals surface area contributed by atoms with Crippen LogP contribution in [0.3, 0.4) is 0 Å². The molecule has 21 heavy (non-hydrogen) atoms. The number of anilines is 1. The molecule has 1 saturated heterocycles. The average Bonchev–Trinajstić information content (AvgIpc) is 2.51. The molecule has 0 amide bonds. The smallest absolute Gasteiger partial charge is 0.0767 e. The van der Waals surface area contributed by atoms with E-state index in [1.54, 1.807) is 0 Å². The number of piperidine rings is 1. The fourth-order valence-electron chi connectivity index (χ4n) is 3.15. The first-order valence-corrected chi connectivity index (χ1v) is 7.74. The van der Waals surface area contributed by atoms with Gasteiger partial charge in [-0.2, -0.15) is 0 Å². The van der Waals surface area contributed by atoms with Crippen molar-refractivity contribution >= 4 is 16.6 Å². The maximum atomic E-state index is 6.05. The van der Waals surface area contributed by atoms with E-state index in [4.69, 9.17) is 10.5 Å². The molecule has 2 N–H and O–H groups in total. The van der Waals surface area contributed by atoms with Crippen molar-refractivity contribution in [2.45, 2.75) is 32.4 Å². The standard InChI is InChI=1S/C17H23N3O/c1-2-21-14-5-4-10-20(12-14)11-13-7-8-16(18)15-6-3-9-19-17(13)15/h3,6-9,14H,2,4-5,10-12,18H2,1H3. The van der Waals surface area contributed by atoms with Gasteiger partial charge in [0.25, 0.3) is 0 Å². The Balaban J connectivity index is 1.80. The first-order valence-electron chi connectivity index (χ1n) is 7.74. The molecule has 0 aliphatic carbocycles. The molecule has 0 spiro atoms. The lowest BCUT2D eigenvalue weighted by Gasteiger charge is -2.32. The zero-order chi connectivity index (χ0) is 14.7. The Bertz CT molecular complexity index is 612. The van der Waals surface area contributed by atoms with E-state index >= 15 is 0 Å². The maximum absolute atomic E-state index is 6.05. The lowest BCUT2D eigenvalue weighted by atomic mass is 10.0. The molecule has 0 radical (unpaired) electrons. The molecule has 1 aliphatic rings. The van der Waals surface area contributed by atoms with E-state index in [1.807, 2.05) is 24.4 Å². The first-order chi connectivity index (χ1) is 10.3. The van der Waals surface area contributed by atoms with Gasteiger partial charge in [0.2, 0.25) is 0 Å². The van der Waals surface area contributed by atoms with E-state index in [-0.39, 0.29) is 0 Å². The highest BCUT2D eigenvalue weighted by atomic mass is 16.5. The number of nitrogens with two attached hydrogens (primary N) is 1. The quantitative estimate of drug-likeness (QED) is 0.878. The van der Waals surface area contributed by atoms with Crippen molar-refractivity contribution in [3.63, 3.8) is 0 Å². The van der Waals surface area contributed by atoms with Crippen LogP contribution in [-0.2, 0) is 11.3 Å². The summed E-state index contributed by atoms with van der Waals surface area (Å²) in [5.41, 5.74) is 9.12. The van der Waals surface area contributed by atoms with Crippen LogP contribution >= 0.6 is 0 Å². The molecule has 0 bridgehead atoms. The summed E-state index contributed by atoms with van der Waals surface area (Å²) in [7, 11) is 0. The number of likely N-dealkylation sites (tertiary alicyclic amines) is 1. The van der Waals surface area contributed by atoms with Crippen molar-refractivity contribution in [3.8, 4) is 0 Å². The van der Waals surface area contributed by atoms with E-state index in [9.17, 15) is 0 Å². The summed E-state index contributed by atoms with van der Waals surface area (Å²) >= 11 is 0. The molecule has 3 rings (SSSR count). The summed E-state index contributed by atoms with van der Waals surface area (Å²) < 4.78 is 5.78. The average molecular weight is 285 g/mol. The summed E-state index contributed by atoms with van der Waals surface area (Å²) in [6.07, 6.45) is 4.58. The molecule has 4 heteroatoms. The van der Waals surface area contributed by atoms with Gasteiger partial charge in [-0.25, -0.2) is 0 Å². The third kappa shape index (κ3) is 3.17. The van der Waals surface area contributed by atoms with Gasteiger partial charge in [-0.3, -0.25) is 9.88 Å². The van der Waals surface area contributed by atoms with E-state index in [0.29, 0.717) is 6.10 Å². The molecule has 112 valence electrons. The number of nitrogens with zero attached hydrogens (tertiary/aromatic N) is 2. The Hall–Kier alpha value is -1.65. The third-order valence-electron chi connectivity index (χ3n) is 4.15. The second-order valence-corrected chi connectivity index (χ2v) is 5.67. The Morgan fingerprint density at radius 1 is 1.38 bits per heavy atom. The molecule has 0 saturated carbocycles. The molecule has 1 atom stereocenters. The molecule has 2 heterocycles. The number of fused-ring (bicyclic) bond motifs is 1. The topological polar surface area (TPSA) is 51.4 Å². The van der Waals surface area contributed by atoms with Crippen molar-refractivity contribution in [1.29, 1.82) is 0 Å². The van der Waals surface area contributed by atoms with Crippen LogP contribution in [0.4, 0.5) is 5.69 Å². The lowest BCUT2D eigenvalue weighted by Crippen LogP contribution is -2.39. The van der Waals surface area contributed by atoms with Crippen molar-refractivity contribution in [3.05, 3.63) is 36.0 Å². The maximum Gasteiger partial charge on any atom is 0.0767 e. The van der Waals surface area contributed by atoms with Crippen LogP contribution in [0.15, 0.2) is 30.5 Å². The monoisotopic (exact) mass is 285 g/mol. The number of pyridine rings is 1. The Labute approximate surface area is 125 Å². The fourth-order valence-corrected chi connectivity index (χ4v) is 3.15. The van der Waals surface area contributed by atoms with Gasteiger partial charge in [0, 0.05) is 37.0 Å². The van der Waals surface area contributed by atoms with E-state index in [0.717, 1.165) is 42.8 Å². The minimum absolute atomic E-state index is 0.372. The lowest BCUT2D eigenvalue weighted by molar-refractivity contribution is 0.00372. The molecular formula is C17H23N3O. The second-order valence-electron chi connectivity index (χ2n) is 5.67. The van der Waals surface area contributed by atoms with Gasteiger partial charge < -0.3 is 10.5 Å². The summed E-state index contributed by atoms with van der Waals surface area (Å²) in [5.74, 6) is 0. The van der Waals surface area contributed by atoms with Crippen LogP contribution in [-0.4, -0.2) is 35.7 Å². The summed E-state index contributed by atoms with van der Waals surface area (Å²) in [5, 5.41) is 1.05. The fraction of sp³-hybridized carbons (Fsp3) is 0.471. The van der Waals surface area contributed by atoms with Gasteiger partial charge in [-0.05, 0) is 50.1 Å². The Kier molecular flexibility index (Phi) is 4.36. The van der Waals surface area contributed by atoms with Gasteiger partial charge in [-0.15, -0.1) is 0 Å². The zero-order valence-electron chi connectivity index (χ0n) is 12.6. The molecule has 1 aliphatic heterocycles. The summed E-state index contributed by atoms with van der Waals surface area (Å²) in [4.78, 5) is 6.99. The zero-order valence-corrected chi connectivity index (χ0v) is 12.6. The highest BCUT2D eigenvalue weighted by Gasteiger charge is 2.20. The number of hydrogen-bond donors (Lipinski definition) is 1. The van der Waals surface area contributed by atoms with Gasteiger partial charge in [0.1, 0.15) is 0 Å². The minimum Gasteiger partial charge on any atom is -0.398 e. The highest BCUT2D eigenvalue weighted by molar-refractivity contribution is 5.92. The Morgan fingerprint density at radius 2 is 2.29 bits per heavy atom. The predicted octanol–water partition coefficient (Wildman–Crippen LogP) is 2.82. The van der Waals surface area contributed by atoms with Crippen molar-refractivity contribution in [2.75, 3.05) is 25.4 Å². The van der Waals surface area contributed by atoms with Gasteiger partial charge in [0.15, 0.2) is 0 Å². The number of nitrogen functional groups attached to an aromatic ring is 1. The molecule has 1 fully saturated rings. The van der Waals surface area contributed by atoms with Crippen LogP contribution in [0.1, 0.15) is 25.3 Å². The largest absolute Gasteiger partial charge is 0.398 e. The molecule has 1 aromatic carbocycles. The van der Waals surface area contributed by atoms with Crippen molar-refractivity contribution < 1.29 is 4.74 Å². The van der Waals surface area contributed by atoms with Gasteiger partial charge >= 0.3 is 0 Å². The Morgan fingerprint density at radius 3 is 3.14 bits per heavy atom. The summed E-state index contributed by atoms with van der Waals surface area (Å²) in [6.45, 7) is 5.91. The molecule has 2 aromatic rings. The van der Waals surface area contributed by atoms with Crippen molar-refractivity contribution in [1.82, 2.24) is 9.88 Å². The molecular weight excluding hydrogens is 262 g/mol. The summed E-state index contributed by atoms with van der Waals surface area (Å²) in [6, 6.07) is 8.08. The number of aromatic nitrogens is 1. The third-order valence-corrected chi connectivity index (χ3v) is 4.15. The van der Waals surface area contributed by atoms with E-state index in [1.165, 1.54) is 18.4 Å². The van der Waals surface area contributed by atoms with Crippen LogP contribution in [0.5, 0.6) is 0 Å². The number of ether oxygens (including phenoxy) is 1. The van der Waals surface area contributed by atoms with Crippen molar-refractivity contribution in [2.24, 2.45) is 0 Å². The molecule has 1 aromatic heterocycles. The van der Waals surface area contributed by atoms with E-state index in [2.05, 4.69) is 22.9 Å². The number of benzene rings is 1. The first kappa shape index (κ1) is 14.3. The van der Waals surface area contributed by atoms with E-state index < -0.39 is 0 Å². The second kappa shape index (κ2) is 6.41. The SMILES string of the molecule is CCOC1CCCN(Cc2ccc(N)c3cccnc23)C1. The normalized spacial score (nSPS) is 20.0. The number of hydrogen-bond acceptors (Lipinski definition) is 4. The minimum atomic E-state index is 0.372. The van der Waals surface area contributed by atoms with Crippen LogP contribution < -0.4 is 5.73 Å². The van der Waals surface area contributed by atoms with Crippen LogP contribution in [0, 0.1) is 0 Å². The van der Waals surface area contributed by atoms with Crippen LogP contribution in [0.25, 0.3) is 10.9 Å². The van der Waals surface area contributed by atoms with Gasteiger partial charge in [0.05, 0.1) is 11.6 Å². The highest BCUT2D eigenvalue weighted by Crippen LogP contribution is 2.25.